The molecule has 0 aliphatic rings. The summed E-state index contributed by atoms with van der Waals surface area (Å²) in [6.07, 6.45) is 1.19. The standard InChI is InChI=1S/C5H10Br2/c1-4(6)3-5(2)7/h4-5H,3H2,1-2H3/t4-,5?/m1/s1. The molecule has 7 heavy (non-hydrogen) atoms. The second kappa shape index (κ2) is 3.90. The molecule has 0 aromatic carbocycles. The van der Waals surface area contributed by atoms with Crippen LogP contribution in [0.5, 0.6) is 0 Å². The summed E-state index contributed by atoms with van der Waals surface area (Å²) in [7, 11) is 0. The molecule has 0 heterocycles. The van der Waals surface area contributed by atoms with Gasteiger partial charge in [-0.3, -0.25) is 0 Å². The summed E-state index contributed by atoms with van der Waals surface area (Å²) in [5.74, 6) is 0. The summed E-state index contributed by atoms with van der Waals surface area (Å²) >= 11 is 6.89. The SMILES string of the molecule is CC(Br)C[C@@H](C)Br. The molecule has 44 valence electrons. The molecule has 0 bridgehead atoms. The first-order valence-corrected chi connectivity index (χ1v) is 4.24. The first-order valence-electron chi connectivity index (χ1n) is 2.41. The molecule has 1 unspecified atom stereocenters. The maximum atomic E-state index is 3.44. The van der Waals surface area contributed by atoms with E-state index in [0.29, 0.717) is 9.65 Å². The molecule has 2 atom stereocenters. The van der Waals surface area contributed by atoms with Crippen molar-refractivity contribution in [1.29, 1.82) is 0 Å². The summed E-state index contributed by atoms with van der Waals surface area (Å²) in [6.45, 7) is 4.30. The van der Waals surface area contributed by atoms with Crippen LogP contribution in [0.3, 0.4) is 0 Å². The number of alkyl halides is 2. The van der Waals surface area contributed by atoms with E-state index in [1.807, 2.05) is 0 Å². The third kappa shape index (κ3) is 6.96. The fourth-order valence-electron chi connectivity index (χ4n) is 0.448. The minimum absolute atomic E-state index is 0.641. The summed E-state index contributed by atoms with van der Waals surface area (Å²) < 4.78 is 0. The van der Waals surface area contributed by atoms with Crippen LogP contribution in [-0.4, -0.2) is 9.65 Å². The molecule has 0 spiro atoms. The van der Waals surface area contributed by atoms with Gasteiger partial charge in [0, 0.05) is 9.65 Å². The largest absolute Gasteiger partial charge is 0.0893 e. The van der Waals surface area contributed by atoms with Gasteiger partial charge in [0.1, 0.15) is 0 Å². The van der Waals surface area contributed by atoms with Crippen LogP contribution in [0, 0.1) is 0 Å². The normalized spacial score (nSPS) is 18.9. The lowest BCUT2D eigenvalue weighted by Crippen LogP contribution is -1.97. The molecular weight excluding hydrogens is 220 g/mol. The highest BCUT2D eigenvalue weighted by Crippen LogP contribution is 2.11. The highest BCUT2D eigenvalue weighted by Gasteiger charge is 1.99. The van der Waals surface area contributed by atoms with Gasteiger partial charge in [-0.1, -0.05) is 45.7 Å². The van der Waals surface area contributed by atoms with E-state index in [2.05, 4.69) is 45.7 Å². The Morgan fingerprint density at radius 3 is 1.43 bits per heavy atom. The number of rotatable bonds is 2. The van der Waals surface area contributed by atoms with Crippen molar-refractivity contribution in [1.82, 2.24) is 0 Å². The maximum Gasteiger partial charge on any atom is 0.0128 e. The summed E-state index contributed by atoms with van der Waals surface area (Å²) in [5, 5.41) is 0. The molecule has 0 fully saturated rings. The van der Waals surface area contributed by atoms with Crippen molar-refractivity contribution in [3.8, 4) is 0 Å². The lowest BCUT2D eigenvalue weighted by Gasteiger charge is -2.02. The van der Waals surface area contributed by atoms with Gasteiger partial charge in [0.25, 0.3) is 0 Å². The Bertz CT molecular complexity index is 35.3. The van der Waals surface area contributed by atoms with Crippen molar-refractivity contribution in [3.63, 3.8) is 0 Å². The second-order valence-electron chi connectivity index (χ2n) is 1.80. The van der Waals surface area contributed by atoms with Gasteiger partial charge in [-0.25, -0.2) is 0 Å². The van der Waals surface area contributed by atoms with E-state index >= 15 is 0 Å². The van der Waals surface area contributed by atoms with Gasteiger partial charge in [-0.2, -0.15) is 0 Å². The lowest BCUT2D eigenvalue weighted by molar-refractivity contribution is 0.823. The van der Waals surface area contributed by atoms with E-state index in [0.717, 1.165) is 0 Å². The van der Waals surface area contributed by atoms with Crippen molar-refractivity contribution in [2.75, 3.05) is 0 Å². The molecule has 0 rings (SSSR count). The van der Waals surface area contributed by atoms with Crippen LogP contribution in [0.25, 0.3) is 0 Å². The zero-order valence-electron chi connectivity index (χ0n) is 4.62. The Hall–Kier alpha value is 0.960. The zero-order valence-corrected chi connectivity index (χ0v) is 7.79. The van der Waals surface area contributed by atoms with E-state index in [4.69, 9.17) is 0 Å². The van der Waals surface area contributed by atoms with Crippen LogP contribution in [-0.2, 0) is 0 Å². The third-order valence-electron chi connectivity index (χ3n) is 0.650. The topological polar surface area (TPSA) is 0 Å². The van der Waals surface area contributed by atoms with E-state index in [-0.39, 0.29) is 0 Å². The fourth-order valence-corrected chi connectivity index (χ4v) is 2.07. The van der Waals surface area contributed by atoms with Gasteiger partial charge >= 0.3 is 0 Å². The zero-order chi connectivity index (χ0) is 5.86. The van der Waals surface area contributed by atoms with Gasteiger partial charge in [0.05, 0.1) is 0 Å². The first kappa shape index (κ1) is 7.96. The molecule has 2 heteroatoms. The average Bonchev–Trinajstić information content (AvgIpc) is 1.27. The van der Waals surface area contributed by atoms with Crippen molar-refractivity contribution in [3.05, 3.63) is 0 Å². The van der Waals surface area contributed by atoms with Crippen molar-refractivity contribution >= 4 is 31.9 Å². The minimum Gasteiger partial charge on any atom is -0.0893 e. The quantitative estimate of drug-likeness (QED) is 0.639. The molecule has 0 aromatic rings. The Balaban J connectivity index is 2.95. The highest BCUT2D eigenvalue weighted by atomic mass is 79.9. The molecular formula is C5H10Br2. The summed E-state index contributed by atoms with van der Waals surface area (Å²) in [4.78, 5) is 1.28. The van der Waals surface area contributed by atoms with Gasteiger partial charge in [-0.05, 0) is 6.42 Å². The van der Waals surface area contributed by atoms with E-state index in [9.17, 15) is 0 Å². The molecule has 0 amide bonds. The van der Waals surface area contributed by atoms with Crippen molar-refractivity contribution in [2.45, 2.75) is 29.9 Å². The third-order valence-corrected chi connectivity index (χ3v) is 1.40. The lowest BCUT2D eigenvalue weighted by atomic mass is 10.3. The van der Waals surface area contributed by atoms with Crippen LogP contribution in [0.4, 0.5) is 0 Å². The van der Waals surface area contributed by atoms with Crippen molar-refractivity contribution < 1.29 is 0 Å². The second-order valence-corrected chi connectivity index (χ2v) is 4.92. The Morgan fingerprint density at radius 1 is 1.14 bits per heavy atom. The van der Waals surface area contributed by atoms with Gasteiger partial charge in [-0.15, -0.1) is 0 Å². The Kier molecular flexibility index (Phi) is 4.44. The minimum atomic E-state index is 0.641. The van der Waals surface area contributed by atoms with Crippen LogP contribution < -0.4 is 0 Å². The number of hydrogen-bond acceptors (Lipinski definition) is 0. The smallest absolute Gasteiger partial charge is 0.0128 e. The molecule has 0 aliphatic carbocycles. The molecule has 0 aliphatic heterocycles. The predicted octanol–water partition coefficient (Wildman–Crippen LogP) is 2.94. The van der Waals surface area contributed by atoms with Crippen LogP contribution >= 0.6 is 31.9 Å². The van der Waals surface area contributed by atoms with Crippen molar-refractivity contribution in [2.24, 2.45) is 0 Å². The van der Waals surface area contributed by atoms with Gasteiger partial charge in [0.2, 0.25) is 0 Å². The number of hydrogen-bond donors (Lipinski definition) is 0. The molecule has 0 saturated carbocycles. The van der Waals surface area contributed by atoms with E-state index < -0.39 is 0 Å². The fraction of sp³-hybridized carbons (Fsp3) is 1.00. The Morgan fingerprint density at radius 2 is 1.43 bits per heavy atom. The summed E-state index contributed by atoms with van der Waals surface area (Å²) in [5.41, 5.74) is 0. The average molecular weight is 230 g/mol. The van der Waals surface area contributed by atoms with E-state index in [1.165, 1.54) is 6.42 Å². The molecule has 0 saturated heterocycles. The number of halogens is 2. The van der Waals surface area contributed by atoms with Crippen LogP contribution in [0.1, 0.15) is 20.3 Å². The highest BCUT2D eigenvalue weighted by molar-refractivity contribution is 9.10. The Labute approximate surface area is 61.9 Å². The van der Waals surface area contributed by atoms with Gasteiger partial charge < -0.3 is 0 Å². The molecule has 0 nitrogen and oxygen atoms in total. The van der Waals surface area contributed by atoms with Crippen LogP contribution in [0.15, 0.2) is 0 Å². The first-order chi connectivity index (χ1) is 3.13. The maximum absolute atomic E-state index is 3.44. The summed E-state index contributed by atoms with van der Waals surface area (Å²) in [6, 6.07) is 0. The molecule has 0 N–H and O–H groups in total. The van der Waals surface area contributed by atoms with Crippen LogP contribution in [0.2, 0.25) is 0 Å². The van der Waals surface area contributed by atoms with Gasteiger partial charge in [0.15, 0.2) is 0 Å². The monoisotopic (exact) mass is 228 g/mol. The molecule has 0 aromatic heterocycles. The molecule has 0 radical (unpaired) electrons. The predicted molar refractivity (Wildman–Crippen MR) is 41.4 cm³/mol. The van der Waals surface area contributed by atoms with E-state index in [1.54, 1.807) is 0 Å².